The fraction of sp³-hybridized carbons (Fsp3) is 0.438. The molecule has 1 fully saturated rings. The number of methoxy groups -OCH3 is 1. The standard InChI is InChI=1S/C16H20N2O4/c1-12-3-5-13(6-4-12)7-8-17-18-9-10-22-14(16(18)20)11-15(19)21-2/h3-6,8,14H,7,9-11H2,1-2H3/b17-8+/t14-/m0/s1. The van der Waals surface area contributed by atoms with Gasteiger partial charge in [0.1, 0.15) is 6.10 Å². The highest BCUT2D eigenvalue weighted by Crippen LogP contribution is 2.11. The summed E-state index contributed by atoms with van der Waals surface area (Å²) < 4.78 is 9.86. The Labute approximate surface area is 129 Å². The Morgan fingerprint density at radius 2 is 2.18 bits per heavy atom. The third-order valence-corrected chi connectivity index (χ3v) is 3.40. The maximum Gasteiger partial charge on any atom is 0.308 e. The number of aryl methyl sites for hydroxylation is 1. The van der Waals surface area contributed by atoms with Gasteiger partial charge in [-0.1, -0.05) is 29.8 Å². The van der Waals surface area contributed by atoms with Gasteiger partial charge in [0.2, 0.25) is 0 Å². The molecule has 1 aromatic rings. The predicted molar refractivity (Wildman–Crippen MR) is 81.5 cm³/mol. The molecule has 6 heteroatoms. The molecule has 2 rings (SSSR count). The number of esters is 1. The summed E-state index contributed by atoms with van der Waals surface area (Å²) >= 11 is 0. The molecule has 0 saturated carbocycles. The number of hydrogen-bond donors (Lipinski definition) is 0. The lowest BCUT2D eigenvalue weighted by atomic mass is 10.1. The molecule has 1 aliphatic heterocycles. The van der Waals surface area contributed by atoms with Crippen molar-refractivity contribution in [3.05, 3.63) is 35.4 Å². The van der Waals surface area contributed by atoms with Gasteiger partial charge in [-0.2, -0.15) is 5.10 Å². The number of carbonyl (C=O) groups excluding carboxylic acids is 2. The minimum atomic E-state index is -0.808. The second-order valence-electron chi connectivity index (χ2n) is 5.09. The Morgan fingerprint density at radius 1 is 1.45 bits per heavy atom. The molecule has 22 heavy (non-hydrogen) atoms. The van der Waals surface area contributed by atoms with E-state index >= 15 is 0 Å². The highest BCUT2D eigenvalue weighted by Gasteiger charge is 2.31. The Hall–Kier alpha value is -2.21. The Bertz CT molecular complexity index is 554. The third-order valence-electron chi connectivity index (χ3n) is 3.40. The SMILES string of the molecule is COC(=O)C[C@@H]1OCCN(/N=C/Cc2ccc(C)cc2)C1=O. The molecule has 1 saturated heterocycles. The molecule has 1 aromatic carbocycles. The highest BCUT2D eigenvalue weighted by atomic mass is 16.5. The summed E-state index contributed by atoms with van der Waals surface area (Å²) in [7, 11) is 1.28. The number of rotatable bonds is 5. The van der Waals surface area contributed by atoms with Crippen molar-refractivity contribution in [2.24, 2.45) is 5.10 Å². The predicted octanol–water partition coefficient (Wildman–Crippen LogP) is 1.31. The number of carbonyl (C=O) groups is 2. The van der Waals surface area contributed by atoms with E-state index in [2.05, 4.69) is 9.84 Å². The van der Waals surface area contributed by atoms with Crippen molar-refractivity contribution < 1.29 is 19.1 Å². The van der Waals surface area contributed by atoms with E-state index in [0.717, 1.165) is 5.56 Å². The summed E-state index contributed by atoms with van der Waals surface area (Å²) in [4.78, 5) is 23.4. The summed E-state index contributed by atoms with van der Waals surface area (Å²) in [5.74, 6) is -0.777. The number of amides is 1. The molecule has 118 valence electrons. The number of morpholine rings is 1. The average Bonchev–Trinajstić information content (AvgIpc) is 2.52. The van der Waals surface area contributed by atoms with Crippen LogP contribution in [0.15, 0.2) is 29.4 Å². The number of benzene rings is 1. The topological polar surface area (TPSA) is 68.2 Å². The van der Waals surface area contributed by atoms with Crippen LogP contribution in [-0.4, -0.2) is 49.5 Å². The Kier molecular flexibility index (Phi) is 5.66. The van der Waals surface area contributed by atoms with Crippen LogP contribution in [0.4, 0.5) is 0 Å². The maximum absolute atomic E-state index is 12.1. The lowest BCUT2D eigenvalue weighted by molar-refractivity contribution is -0.160. The monoisotopic (exact) mass is 304 g/mol. The van der Waals surface area contributed by atoms with Gasteiger partial charge in [0.15, 0.2) is 0 Å². The quantitative estimate of drug-likeness (QED) is 0.607. The third kappa shape index (κ3) is 4.39. The van der Waals surface area contributed by atoms with Crippen molar-refractivity contribution in [1.29, 1.82) is 0 Å². The molecule has 1 aliphatic rings. The molecule has 0 aliphatic carbocycles. The zero-order valence-electron chi connectivity index (χ0n) is 12.8. The van der Waals surface area contributed by atoms with Crippen LogP contribution in [0.2, 0.25) is 0 Å². The van der Waals surface area contributed by atoms with Crippen molar-refractivity contribution >= 4 is 18.1 Å². The van der Waals surface area contributed by atoms with Crippen LogP contribution in [0, 0.1) is 6.92 Å². The zero-order chi connectivity index (χ0) is 15.9. The summed E-state index contributed by atoms with van der Waals surface area (Å²) in [5.41, 5.74) is 2.33. The van der Waals surface area contributed by atoms with Gasteiger partial charge in [0.25, 0.3) is 5.91 Å². The molecular weight excluding hydrogens is 284 g/mol. The van der Waals surface area contributed by atoms with Gasteiger partial charge in [0, 0.05) is 12.6 Å². The summed E-state index contributed by atoms with van der Waals surface area (Å²) in [6.07, 6.45) is 1.45. The van der Waals surface area contributed by atoms with E-state index in [9.17, 15) is 9.59 Å². The number of ether oxygens (including phenoxy) is 2. The van der Waals surface area contributed by atoms with E-state index in [1.165, 1.54) is 17.7 Å². The molecule has 1 heterocycles. The van der Waals surface area contributed by atoms with Crippen molar-refractivity contribution in [3.8, 4) is 0 Å². The first kappa shape index (κ1) is 16.2. The first-order valence-electron chi connectivity index (χ1n) is 7.18. The molecule has 0 spiro atoms. The van der Waals surface area contributed by atoms with Crippen LogP contribution in [-0.2, 0) is 25.5 Å². The number of nitrogens with zero attached hydrogens (tertiary/aromatic N) is 2. The van der Waals surface area contributed by atoms with Gasteiger partial charge >= 0.3 is 5.97 Å². The number of hydrogen-bond acceptors (Lipinski definition) is 5. The smallest absolute Gasteiger partial charge is 0.308 e. The molecule has 1 amide bonds. The van der Waals surface area contributed by atoms with Crippen molar-refractivity contribution in [3.63, 3.8) is 0 Å². The molecule has 0 radical (unpaired) electrons. The van der Waals surface area contributed by atoms with E-state index in [4.69, 9.17) is 4.74 Å². The molecule has 0 aromatic heterocycles. The fourth-order valence-corrected chi connectivity index (χ4v) is 2.09. The first-order valence-corrected chi connectivity index (χ1v) is 7.18. The largest absolute Gasteiger partial charge is 0.469 e. The van der Waals surface area contributed by atoms with E-state index in [0.29, 0.717) is 19.6 Å². The molecule has 0 bridgehead atoms. The van der Waals surface area contributed by atoms with Crippen molar-refractivity contribution in [2.75, 3.05) is 20.3 Å². The molecular formula is C16H20N2O4. The summed E-state index contributed by atoms with van der Waals surface area (Å²) in [5, 5.41) is 5.54. The Balaban J connectivity index is 1.90. The fourth-order valence-electron chi connectivity index (χ4n) is 2.09. The van der Waals surface area contributed by atoms with Gasteiger partial charge in [-0.15, -0.1) is 0 Å². The minimum Gasteiger partial charge on any atom is -0.469 e. The lowest BCUT2D eigenvalue weighted by Gasteiger charge is -2.28. The van der Waals surface area contributed by atoms with Crippen molar-refractivity contribution in [1.82, 2.24) is 5.01 Å². The Morgan fingerprint density at radius 3 is 2.86 bits per heavy atom. The molecule has 0 unspecified atom stereocenters. The maximum atomic E-state index is 12.1. The van der Waals surface area contributed by atoms with Crippen LogP contribution in [0.1, 0.15) is 17.5 Å². The summed E-state index contributed by atoms with van der Waals surface area (Å²) in [6, 6.07) is 8.13. The average molecular weight is 304 g/mol. The van der Waals surface area contributed by atoms with Crippen LogP contribution >= 0.6 is 0 Å². The van der Waals surface area contributed by atoms with E-state index in [-0.39, 0.29) is 12.3 Å². The minimum absolute atomic E-state index is 0.0840. The highest BCUT2D eigenvalue weighted by molar-refractivity contribution is 5.86. The van der Waals surface area contributed by atoms with E-state index in [1.54, 1.807) is 6.21 Å². The van der Waals surface area contributed by atoms with Gasteiger partial charge in [-0.05, 0) is 12.5 Å². The van der Waals surface area contributed by atoms with Crippen LogP contribution in [0.25, 0.3) is 0 Å². The van der Waals surface area contributed by atoms with Gasteiger partial charge < -0.3 is 9.47 Å². The van der Waals surface area contributed by atoms with E-state index < -0.39 is 12.1 Å². The second-order valence-corrected chi connectivity index (χ2v) is 5.09. The number of hydrazone groups is 1. The molecule has 6 nitrogen and oxygen atoms in total. The summed E-state index contributed by atoms with van der Waals surface area (Å²) in [6.45, 7) is 2.78. The lowest BCUT2D eigenvalue weighted by Crippen LogP contribution is -2.46. The van der Waals surface area contributed by atoms with Gasteiger partial charge in [0.05, 0.1) is 26.7 Å². The normalized spacial score (nSPS) is 18.7. The zero-order valence-corrected chi connectivity index (χ0v) is 12.8. The second kappa shape index (κ2) is 7.70. The van der Waals surface area contributed by atoms with Crippen LogP contribution in [0.3, 0.4) is 0 Å². The first-order chi connectivity index (χ1) is 10.6. The van der Waals surface area contributed by atoms with Crippen molar-refractivity contribution in [2.45, 2.75) is 25.9 Å². The molecule has 0 N–H and O–H groups in total. The van der Waals surface area contributed by atoms with Crippen LogP contribution in [0.5, 0.6) is 0 Å². The van der Waals surface area contributed by atoms with Gasteiger partial charge in [-0.3, -0.25) is 9.59 Å². The molecule has 1 atom stereocenters. The van der Waals surface area contributed by atoms with Gasteiger partial charge in [-0.25, -0.2) is 5.01 Å². The van der Waals surface area contributed by atoms with E-state index in [1.807, 2.05) is 31.2 Å². The van der Waals surface area contributed by atoms with Crippen LogP contribution < -0.4 is 0 Å².